The van der Waals surface area contributed by atoms with Crippen LogP contribution in [0.1, 0.15) is 77.6 Å². The molecule has 0 amide bonds. The molecule has 2 aliphatic rings. The molecule has 0 unspecified atom stereocenters. The Morgan fingerprint density at radius 3 is 1.71 bits per heavy atom. The van der Waals surface area contributed by atoms with Gasteiger partial charge in [-0.15, -0.1) is 0 Å². The minimum atomic E-state index is 0.857. The molecular weight excluding hydrogens is 206 g/mol. The summed E-state index contributed by atoms with van der Waals surface area (Å²) in [5, 5.41) is 3.91. The molecule has 0 radical (unpaired) electrons. The molecule has 1 heteroatoms. The third-order valence-corrected chi connectivity index (χ3v) is 4.95. The minimum absolute atomic E-state index is 0.857. The first-order valence-corrected chi connectivity index (χ1v) is 8.15. The molecule has 0 heterocycles. The lowest BCUT2D eigenvalue weighted by Gasteiger charge is -2.38. The molecule has 1 N–H and O–H groups in total. The van der Waals surface area contributed by atoms with Crippen LogP contribution < -0.4 is 5.32 Å². The van der Waals surface area contributed by atoms with Crippen LogP contribution in [-0.2, 0) is 0 Å². The average molecular weight is 237 g/mol. The van der Waals surface area contributed by atoms with Gasteiger partial charge in [-0.3, -0.25) is 0 Å². The molecule has 0 aromatic carbocycles. The Hall–Kier alpha value is -0.0400. The van der Waals surface area contributed by atoms with Crippen molar-refractivity contribution in [3.8, 4) is 0 Å². The fraction of sp³-hybridized carbons (Fsp3) is 1.00. The van der Waals surface area contributed by atoms with Crippen LogP contribution in [0.2, 0.25) is 0 Å². The molecule has 0 atom stereocenters. The molecule has 2 rings (SSSR count). The second kappa shape index (κ2) is 7.41. The minimum Gasteiger partial charge on any atom is -0.313 e. The van der Waals surface area contributed by atoms with E-state index in [1.165, 1.54) is 77.2 Å². The average Bonchev–Trinajstić information content (AvgIpc) is 2.42. The lowest BCUT2D eigenvalue weighted by Crippen LogP contribution is -2.44. The lowest BCUT2D eigenvalue weighted by atomic mass is 9.74. The summed E-state index contributed by atoms with van der Waals surface area (Å²) < 4.78 is 0. The first-order valence-electron chi connectivity index (χ1n) is 8.15. The quantitative estimate of drug-likeness (QED) is 0.741. The highest BCUT2D eigenvalue weighted by Crippen LogP contribution is 2.35. The molecule has 0 spiro atoms. The normalized spacial score (nSPS) is 24.4. The van der Waals surface area contributed by atoms with Gasteiger partial charge in [0.25, 0.3) is 0 Å². The number of rotatable bonds is 5. The summed E-state index contributed by atoms with van der Waals surface area (Å²) in [7, 11) is 0. The van der Waals surface area contributed by atoms with Gasteiger partial charge < -0.3 is 5.32 Å². The fourth-order valence-corrected chi connectivity index (χ4v) is 4.02. The van der Waals surface area contributed by atoms with Crippen molar-refractivity contribution in [1.29, 1.82) is 0 Å². The van der Waals surface area contributed by atoms with E-state index >= 15 is 0 Å². The summed E-state index contributed by atoms with van der Waals surface area (Å²) in [6, 6.07) is 0.857. The van der Waals surface area contributed by atoms with Crippen LogP contribution in [-0.4, -0.2) is 12.6 Å². The van der Waals surface area contributed by atoms with Gasteiger partial charge in [-0.1, -0.05) is 45.4 Å². The topological polar surface area (TPSA) is 12.0 Å². The van der Waals surface area contributed by atoms with Crippen molar-refractivity contribution >= 4 is 0 Å². The molecule has 2 aliphatic carbocycles. The van der Waals surface area contributed by atoms with Gasteiger partial charge in [-0.05, 0) is 50.5 Å². The van der Waals surface area contributed by atoms with Gasteiger partial charge in [-0.25, -0.2) is 0 Å². The predicted octanol–water partition coefficient (Wildman–Crippen LogP) is 4.52. The summed E-state index contributed by atoms with van der Waals surface area (Å²) in [5.41, 5.74) is 0. The number of nitrogens with one attached hydrogen (secondary N) is 1. The van der Waals surface area contributed by atoms with Crippen LogP contribution in [0.3, 0.4) is 0 Å². The van der Waals surface area contributed by atoms with Crippen LogP contribution in [0, 0.1) is 11.8 Å². The Bertz CT molecular complexity index is 172. The SMILES string of the molecule is CCCNC(C1CCCCC1)C1CCCCC1. The second-order valence-electron chi connectivity index (χ2n) is 6.28. The van der Waals surface area contributed by atoms with Crippen molar-refractivity contribution < 1.29 is 0 Å². The highest BCUT2D eigenvalue weighted by molar-refractivity contribution is 4.86. The molecule has 0 bridgehead atoms. The monoisotopic (exact) mass is 237 g/mol. The van der Waals surface area contributed by atoms with Crippen molar-refractivity contribution in [2.45, 2.75) is 83.6 Å². The van der Waals surface area contributed by atoms with Gasteiger partial charge in [0.1, 0.15) is 0 Å². The zero-order chi connectivity index (χ0) is 11.9. The van der Waals surface area contributed by atoms with Crippen LogP contribution >= 0.6 is 0 Å². The van der Waals surface area contributed by atoms with E-state index in [0.717, 1.165) is 17.9 Å². The van der Waals surface area contributed by atoms with E-state index in [-0.39, 0.29) is 0 Å². The third kappa shape index (κ3) is 3.98. The molecule has 2 saturated carbocycles. The van der Waals surface area contributed by atoms with Crippen molar-refractivity contribution in [2.75, 3.05) is 6.54 Å². The zero-order valence-electron chi connectivity index (χ0n) is 11.7. The molecule has 100 valence electrons. The lowest BCUT2D eigenvalue weighted by molar-refractivity contribution is 0.172. The summed E-state index contributed by atoms with van der Waals surface area (Å²) in [6.45, 7) is 3.53. The van der Waals surface area contributed by atoms with E-state index in [2.05, 4.69) is 12.2 Å². The highest BCUT2D eigenvalue weighted by atomic mass is 14.9. The maximum atomic E-state index is 3.91. The Labute approximate surface area is 108 Å². The second-order valence-corrected chi connectivity index (χ2v) is 6.28. The first-order chi connectivity index (χ1) is 8.42. The van der Waals surface area contributed by atoms with Crippen LogP contribution in [0.4, 0.5) is 0 Å². The Balaban J connectivity index is 1.90. The summed E-state index contributed by atoms with van der Waals surface area (Å²) in [4.78, 5) is 0. The standard InChI is InChI=1S/C16H31N/c1-2-13-17-16(14-9-5-3-6-10-14)15-11-7-4-8-12-15/h14-17H,2-13H2,1H3. The molecule has 1 nitrogen and oxygen atoms in total. The summed E-state index contributed by atoms with van der Waals surface area (Å²) >= 11 is 0. The summed E-state index contributed by atoms with van der Waals surface area (Å²) in [6.07, 6.45) is 16.2. The van der Waals surface area contributed by atoms with Crippen molar-refractivity contribution in [3.05, 3.63) is 0 Å². The Kier molecular flexibility index (Phi) is 5.84. The molecular formula is C16H31N. The highest BCUT2D eigenvalue weighted by Gasteiger charge is 2.30. The van der Waals surface area contributed by atoms with Gasteiger partial charge in [0.15, 0.2) is 0 Å². The van der Waals surface area contributed by atoms with Crippen molar-refractivity contribution in [2.24, 2.45) is 11.8 Å². The van der Waals surface area contributed by atoms with E-state index < -0.39 is 0 Å². The van der Waals surface area contributed by atoms with Crippen LogP contribution in [0.5, 0.6) is 0 Å². The van der Waals surface area contributed by atoms with Gasteiger partial charge in [0.2, 0.25) is 0 Å². The third-order valence-electron chi connectivity index (χ3n) is 4.95. The van der Waals surface area contributed by atoms with E-state index in [4.69, 9.17) is 0 Å². The smallest absolute Gasteiger partial charge is 0.0124 e. The van der Waals surface area contributed by atoms with E-state index in [1.54, 1.807) is 0 Å². The number of hydrogen-bond acceptors (Lipinski definition) is 1. The predicted molar refractivity (Wildman–Crippen MR) is 75.2 cm³/mol. The van der Waals surface area contributed by atoms with Crippen LogP contribution in [0.25, 0.3) is 0 Å². The zero-order valence-corrected chi connectivity index (χ0v) is 11.7. The maximum absolute atomic E-state index is 3.91. The molecule has 17 heavy (non-hydrogen) atoms. The van der Waals surface area contributed by atoms with Gasteiger partial charge in [-0.2, -0.15) is 0 Å². The summed E-state index contributed by atoms with van der Waals surface area (Å²) in [5.74, 6) is 2.00. The maximum Gasteiger partial charge on any atom is 0.0124 e. The van der Waals surface area contributed by atoms with E-state index in [9.17, 15) is 0 Å². The van der Waals surface area contributed by atoms with E-state index in [1.807, 2.05) is 0 Å². The molecule has 0 aromatic rings. The largest absolute Gasteiger partial charge is 0.313 e. The van der Waals surface area contributed by atoms with Crippen molar-refractivity contribution in [3.63, 3.8) is 0 Å². The molecule has 0 aromatic heterocycles. The fourth-order valence-electron chi connectivity index (χ4n) is 4.02. The molecule has 2 fully saturated rings. The Morgan fingerprint density at radius 2 is 1.29 bits per heavy atom. The van der Waals surface area contributed by atoms with Crippen molar-refractivity contribution in [1.82, 2.24) is 5.32 Å². The molecule has 0 aliphatic heterocycles. The van der Waals surface area contributed by atoms with Gasteiger partial charge >= 0.3 is 0 Å². The first kappa shape index (κ1) is 13.4. The molecule has 0 saturated heterocycles. The Morgan fingerprint density at radius 1 is 0.824 bits per heavy atom. The number of hydrogen-bond donors (Lipinski definition) is 1. The van der Waals surface area contributed by atoms with Gasteiger partial charge in [0, 0.05) is 6.04 Å². The van der Waals surface area contributed by atoms with Gasteiger partial charge in [0.05, 0.1) is 0 Å². The van der Waals surface area contributed by atoms with E-state index in [0.29, 0.717) is 0 Å². The van der Waals surface area contributed by atoms with Crippen LogP contribution in [0.15, 0.2) is 0 Å².